The lowest BCUT2D eigenvalue weighted by Crippen LogP contribution is -2.40. The zero-order chi connectivity index (χ0) is 19.8. The van der Waals surface area contributed by atoms with Gasteiger partial charge < -0.3 is 15.4 Å². The second-order valence-electron chi connectivity index (χ2n) is 6.11. The molecule has 0 aliphatic heterocycles. The highest BCUT2D eigenvalue weighted by atomic mass is 16.5. The van der Waals surface area contributed by atoms with Crippen molar-refractivity contribution < 1.29 is 14.3 Å². The Labute approximate surface area is 163 Å². The summed E-state index contributed by atoms with van der Waals surface area (Å²) in [6, 6.07) is 20.7. The highest BCUT2D eigenvalue weighted by Crippen LogP contribution is 2.15. The van der Waals surface area contributed by atoms with E-state index in [9.17, 15) is 9.59 Å². The van der Waals surface area contributed by atoms with Crippen LogP contribution in [0.5, 0.6) is 5.88 Å². The average Bonchev–Trinajstić information content (AvgIpc) is 2.77. The summed E-state index contributed by atoms with van der Waals surface area (Å²) in [5.74, 6) is -0.102. The molecular formula is C22H21N3O3. The number of nitrogens with zero attached hydrogens (tertiary/aromatic N) is 1. The van der Waals surface area contributed by atoms with Crippen molar-refractivity contribution >= 4 is 11.8 Å². The molecule has 0 aliphatic rings. The number of methoxy groups -OCH3 is 1. The Balaban J connectivity index is 1.72. The van der Waals surface area contributed by atoms with E-state index in [1.807, 2.05) is 42.5 Å². The van der Waals surface area contributed by atoms with E-state index in [-0.39, 0.29) is 11.8 Å². The molecule has 1 heterocycles. The monoisotopic (exact) mass is 375 g/mol. The van der Waals surface area contributed by atoms with Gasteiger partial charge in [0.25, 0.3) is 5.91 Å². The SMILES string of the molecule is COc1ccc(CNC(=O)[C@@H](NC(=O)c2ccccc2)c2ccccc2)cn1. The summed E-state index contributed by atoms with van der Waals surface area (Å²) < 4.78 is 5.03. The number of ether oxygens (including phenoxy) is 1. The Morgan fingerprint density at radius 3 is 2.25 bits per heavy atom. The molecule has 1 aromatic heterocycles. The first-order chi connectivity index (χ1) is 13.7. The summed E-state index contributed by atoms with van der Waals surface area (Å²) in [5, 5.41) is 5.67. The van der Waals surface area contributed by atoms with E-state index < -0.39 is 6.04 Å². The maximum Gasteiger partial charge on any atom is 0.252 e. The average molecular weight is 375 g/mol. The minimum atomic E-state index is -0.805. The van der Waals surface area contributed by atoms with Gasteiger partial charge in [-0.1, -0.05) is 54.6 Å². The largest absolute Gasteiger partial charge is 0.481 e. The third kappa shape index (κ3) is 4.94. The third-order valence-electron chi connectivity index (χ3n) is 4.18. The maximum absolute atomic E-state index is 12.8. The molecule has 0 radical (unpaired) electrons. The number of nitrogens with one attached hydrogen (secondary N) is 2. The second kappa shape index (κ2) is 9.32. The molecule has 28 heavy (non-hydrogen) atoms. The highest BCUT2D eigenvalue weighted by molar-refractivity contribution is 5.97. The summed E-state index contributed by atoms with van der Waals surface area (Å²) >= 11 is 0. The lowest BCUT2D eigenvalue weighted by Gasteiger charge is -2.19. The van der Waals surface area contributed by atoms with Gasteiger partial charge in [-0.25, -0.2) is 4.98 Å². The Kier molecular flexibility index (Phi) is 6.36. The standard InChI is InChI=1S/C22H21N3O3/c1-28-19-13-12-16(14-23-19)15-24-22(27)20(17-8-4-2-5-9-17)25-21(26)18-10-6-3-7-11-18/h2-14,20H,15H2,1H3,(H,24,27)(H,25,26)/t20-/m0/s1. The number of rotatable bonds is 7. The molecule has 0 saturated heterocycles. The number of aromatic nitrogens is 1. The van der Waals surface area contributed by atoms with Crippen molar-refractivity contribution in [1.29, 1.82) is 0 Å². The van der Waals surface area contributed by atoms with E-state index in [1.165, 1.54) is 0 Å². The second-order valence-corrected chi connectivity index (χ2v) is 6.11. The van der Waals surface area contributed by atoms with Gasteiger partial charge in [0.05, 0.1) is 7.11 Å². The topological polar surface area (TPSA) is 80.3 Å². The highest BCUT2D eigenvalue weighted by Gasteiger charge is 2.23. The first kappa shape index (κ1) is 19.1. The molecule has 0 unspecified atom stereocenters. The molecule has 0 spiro atoms. The van der Waals surface area contributed by atoms with Crippen LogP contribution in [0.4, 0.5) is 0 Å². The van der Waals surface area contributed by atoms with Crippen molar-refractivity contribution in [2.24, 2.45) is 0 Å². The summed E-state index contributed by atoms with van der Waals surface area (Å²) in [5.41, 5.74) is 2.03. The third-order valence-corrected chi connectivity index (χ3v) is 4.18. The smallest absolute Gasteiger partial charge is 0.252 e. The predicted octanol–water partition coefficient (Wildman–Crippen LogP) is 2.88. The Morgan fingerprint density at radius 1 is 0.964 bits per heavy atom. The molecular weight excluding hydrogens is 354 g/mol. The van der Waals surface area contributed by atoms with Gasteiger partial charge in [0.1, 0.15) is 6.04 Å². The fraction of sp³-hybridized carbons (Fsp3) is 0.136. The molecule has 0 aliphatic carbocycles. The van der Waals surface area contributed by atoms with Gasteiger partial charge in [-0.05, 0) is 23.3 Å². The molecule has 1 atom stereocenters. The van der Waals surface area contributed by atoms with Crippen LogP contribution in [0, 0.1) is 0 Å². The van der Waals surface area contributed by atoms with Crippen molar-refractivity contribution in [3.8, 4) is 5.88 Å². The van der Waals surface area contributed by atoms with Crippen LogP contribution in [0.1, 0.15) is 27.5 Å². The summed E-state index contributed by atoms with van der Waals surface area (Å²) in [7, 11) is 1.55. The van der Waals surface area contributed by atoms with E-state index in [1.54, 1.807) is 43.6 Å². The number of amides is 2. The first-order valence-electron chi connectivity index (χ1n) is 8.85. The normalized spacial score (nSPS) is 11.3. The summed E-state index contributed by atoms with van der Waals surface area (Å²) in [6.45, 7) is 0.292. The molecule has 2 N–H and O–H groups in total. The van der Waals surface area contributed by atoms with Gasteiger partial charge in [0.15, 0.2) is 0 Å². The van der Waals surface area contributed by atoms with Crippen LogP contribution in [-0.4, -0.2) is 23.9 Å². The van der Waals surface area contributed by atoms with Gasteiger partial charge in [0.2, 0.25) is 11.8 Å². The van der Waals surface area contributed by atoms with Crippen molar-refractivity contribution in [2.45, 2.75) is 12.6 Å². The molecule has 0 bridgehead atoms. The van der Waals surface area contributed by atoms with E-state index >= 15 is 0 Å². The van der Waals surface area contributed by atoms with Crippen molar-refractivity contribution in [2.75, 3.05) is 7.11 Å². The van der Waals surface area contributed by atoms with Crippen molar-refractivity contribution in [3.05, 3.63) is 95.7 Å². The number of carbonyl (C=O) groups is 2. The first-order valence-corrected chi connectivity index (χ1v) is 8.85. The van der Waals surface area contributed by atoms with Crippen LogP contribution in [0.15, 0.2) is 79.0 Å². The molecule has 2 amide bonds. The Bertz CT molecular complexity index is 913. The molecule has 6 heteroatoms. The van der Waals surface area contributed by atoms with Crippen LogP contribution in [0.25, 0.3) is 0 Å². The van der Waals surface area contributed by atoms with E-state index in [4.69, 9.17) is 4.74 Å². The summed E-state index contributed by atoms with van der Waals surface area (Å²) in [6.07, 6.45) is 1.64. The fourth-order valence-electron chi connectivity index (χ4n) is 2.68. The molecule has 142 valence electrons. The molecule has 0 fully saturated rings. The quantitative estimate of drug-likeness (QED) is 0.665. The number of carbonyl (C=O) groups excluding carboxylic acids is 2. The van der Waals surface area contributed by atoms with Crippen LogP contribution >= 0.6 is 0 Å². The maximum atomic E-state index is 12.8. The Hall–Kier alpha value is -3.67. The number of benzene rings is 2. The minimum absolute atomic E-state index is 0.292. The van der Waals surface area contributed by atoms with Crippen LogP contribution in [-0.2, 0) is 11.3 Å². The van der Waals surface area contributed by atoms with E-state index in [0.29, 0.717) is 23.6 Å². The van der Waals surface area contributed by atoms with Crippen LogP contribution < -0.4 is 15.4 Å². The number of hydrogen-bond acceptors (Lipinski definition) is 4. The van der Waals surface area contributed by atoms with Gasteiger partial charge in [-0.3, -0.25) is 9.59 Å². The number of hydrogen-bond donors (Lipinski definition) is 2. The zero-order valence-electron chi connectivity index (χ0n) is 15.5. The van der Waals surface area contributed by atoms with E-state index in [0.717, 1.165) is 5.56 Å². The van der Waals surface area contributed by atoms with Gasteiger partial charge in [-0.15, -0.1) is 0 Å². The lowest BCUT2D eigenvalue weighted by atomic mass is 10.1. The molecule has 2 aromatic carbocycles. The van der Waals surface area contributed by atoms with Crippen molar-refractivity contribution in [3.63, 3.8) is 0 Å². The molecule has 3 rings (SSSR count). The molecule has 3 aromatic rings. The molecule has 0 saturated carbocycles. The van der Waals surface area contributed by atoms with Gasteiger partial charge in [0, 0.05) is 24.4 Å². The molecule has 6 nitrogen and oxygen atoms in total. The lowest BCUT2D eigenvalue weighted by molar-refractivity contribution is -0.123. The fourth-order valence-corrected chi connectivity index (χ4v) is 2.68. The van der Waals surface area contributed by atoms with Gasteiger partial charge >= 0.3 is 0 Å². The number of pyridine rings is 1. The summed E-state index contributed by atoms with van der Waals surface area (Å²) in [4.78, 5) is 29.5. The van der Waals surface area contributed by atoms with Crippen LogP contribution in [0.2, 0.25) is 0 Å². The van der Waals surface area contributed by atoms with E-state index in [2.05, 4.69) is 15.6 Å². The Morgan fingerprint density at radius 2 is 1.64 bits per heavy atom. The zero-order valence-corrected chi connectivity index (χ0v) is 15.5. The van der Waals surface area contributed by atoms with Gasteiger partial charge in [-0.2, -0.15) is 0 Å². The van der Waals surface area contributed by atoms with Crippen molar-refractivity contribution in [1.82, 2.24) is 15.6 Å². The van der Waals surface area contributed by atoms with Crippen LogP contribution in [0.3, 0.4) is 0 Å². The minimum Gasteiger partial charge on any atom is -0.481 e. The predicted molar refractivity (Wildman–Crippen MR) is 106 cm³/mol.